The Morgan fingerprint density at radius 3 is 1.95 bits per heavy atom. The van der Waals surface area contributed by atoms with Crippen LogP contribution in [0.1, 0.15) is 0 Å². The minimum atomic E-state index is -3.17. The average Bonchev–Trinajstić information content (AvgIpc) is 2.49. The summed E-state index contributed by atoms with van der Waals surface area (Å²) in [6.07, 6.45) is 1.20. The van der Waals surface area contributed by atoms with E-state index in [-0.39, 0.29) is 5.91 Å². The van der Waals surface area contributed by atoms with E-state index in [9.17, 15) is 13.2 Å². The zero-order valence-electron chi connectivity index (χ0n) is 13.7. The fourth-order valence-electron chi connectivity index (χ4n) is 2.27. The van der Waals surface area contributed by atoms with Crippen LogP contribution in [-0.2, 0) is 24.3 Å². The van der Waals surface area contributed by atoms with E-state index in [1.807, 2.05) is 4.90 Å². The highest BCUT2D eigenvalue weighted by atomic mass is 32.2. The van der Waals surface area contributed by atoms with Gasteiger partial charge in [-0.3, -0.25) is 9.69 Å². The molecule has 1 heterocycles. The molecule has 0 aromatic heterocycles. The van der Waals surface area contributed by atoms with E-state index >= 15 is 0 Å². The van der Waals surface area contributed by atoms with Gasteiger partial charge in [0.05, 0.1) is 26.0 Å². The Hall–Kier alpha value is -0.740. The van der Waals surface area contributed by atoms with Gasteiger partial charge in [0.15, 0.2) is 0 Å². The van der Waals surface area contributed by atoms with E-state index in [2.05, 4.69) is 0 Å². The molecule has 0 bridgehead atoms. The van der Waals surface area contributed by atoms with Crippen molar-refractivity contribution in [2.75, 3.05) is 79.5 Å². The predicted molar refractivity (Wildman–Crippen MR) is 83.2 cm³/mol. The van der Waals surface area contributed by atoms with Crippen LogP contribution in [0.25, 0.3) is 0 Å². The number of nitrogens with zero attached hydrogens (tertiary/aromatic N) is 3. The maximum Gasteiger partial charge on any atom is 0.236 e. The van der Waals surface area contributed by atoms with Crippen molar-refractivity contribution >= 4 is 15.9 Å². The van der Waals surface area contributed by atoms with Gasteiger partial charge in [-0.25, -0.2) is 8.42 Å². The third kappa shape index (κ3) is 6.57. The second kappa shape index (κ2) is 9.41. The van der Waals surface area contributed by atoms with Gasteiger partial charge >= 0.3 is 0 Å². The van der Waals surface area contributed by atoms with Crippen LogP contribution in [0.3, 0.4) is 0 Å². The first-order chi connectivity index (χ1) is 10.4. The van der Waals surface area contributed by atoms with E-state index < -0.39 is 10.0 Å². The SMILES string of the molecule is COCCN(CCOC)CC(=O)N1CCN(S(C)(=O)=O)CC1. The zero-order valence-corrected chi connectivity index (χ0v) is 14.5. The van der Waals surface area contributed by atoms with Gasteiger partial charge in [-0.1, -0.05) is 0 Å². The van der Waals surface area contributed by atoms with Crippen molar-refractivity contribution in [3.05, 3.63) is 0 Å². The first-order valence-electron chi connectivity index (χ1n) is 7.31. The number of piperazine rings is 1. The number of carbonyl (C=O) groups excluding carboxylic acids is 1. The van der Waals surface area contributed by atoms with E-state index in [0.717, 1.165) is 0 Å². The van der Waals surface area contributed by atoms with Crippen LogP contribution in [-0.4, -0.2) is 108 Å². The lowest BCUT2D eigenvalue weighted by atomic mass is 10.3. The highest BCUT2D eigenvalue weighted by molar-refractivity contribution is 7.88. The number of amides is 1. The summed E-state index contributed by atoms with van der Waals surface area (Å²) in [5.74, 6) is 0.0142. The molecule has 130 valence electrons. The summed E-state index contributed by atoms with van der Waals surface area (Å²) in [6.45, 7) is 4.33. The summed E-state index contributed by atoms with van der Waals surface area (Å²) in [5, 5.41) is 0. The molecule has 0 N–H and O–H groups in total. The van der Waals surface area contributed by atoms with Crippen molar-refractivity contribution in [3.63, 3.8) is 0 Å². The quantitative estimate of drug-likeness (QED) is 0.519. The second-order valence-electron chi connectivity index (χ2n) is 5.30. The molecule has 1 amide bonds. The van der Waals surface area contributed by atoms with Gasteiger partial charge in [-0.2, -0.15) is 4.31 Å². The van der Waals surface area contributed by atoms with Crippen molar-refractivity contribution < 1.29 is 22.7 Å². The van der Waals surface area contributed by atoms with Crippen LogP contribution < -0.4 is 0 Å². The van der Waals surface area contributed by atoms with Gasteiger partial charge in [0.25, 0.3) is 0 Å². The number of hydrogen-bond acceptors (Lipinski definition) is 6. The van der Waals surface area contributed by atoms with Gasteiger partial charge in [0, 0.05) is 53.5 Å². The molecule has 9 heteroatoms. The smallest absolute Gasteiger partial charge is 0.236 e. The van der Waals surface area contributed by atoms with Crippen molar-refractivity contribution in [1.29, 1.82) is 0 Å². The molecule has 1 rings (SSSR count). The molecule has 22 heavy (non-hydrogen) atoms. The normalized spacial score (nSPS) is 17.2. The summed E-state index contributed by atoms with van der Waals surface area (Å²) in [5.41, 5.74) is 0. The number of methoxy groups -OCH3 is 2. The fraction of sp³-hybridized carbons (Fsp3) is 0.923. The van der Waals surface area contributed by atoms with E-state index in [4.69, 9.17) is 9.47 Å². The third-order valence-corrected chi connectivity index (χ3v) is 4.95. The highest BCUT2D eigenvalue weighted by Gasteiger charge is 2.26. The van der Waals surface area contributed by atoms with Crippen molar-refractivity contribution in [1.82, 2.24) is 14.1 Å². The average molecular weight is 337 g/mol. The monoisotopic (exact) mass is 337 g/mol. The van der Waals surface area contributed by atoms with Crippen molar-refractivity contribution in [2.24, 2.45) is 0 Å². The lowest BCUT2D eigenvalue weighted by Crippen LogP contribution is -2.52. The van der Waals surface area contributed by atoms with Crippen LogP contribution >= 0.6 is 0 Å². The Morgan fingerprint density at radius 2 is 1.55 bits per heavy atom. The minimum Gasteiger partial charge on any atom is -0.383 e. The number of carbonyl (C=O) groups is 1. The summed E-state index contributed by atoms with van der Waals surface area (Å²) in [7, 11) is 0.0813. The molecule has 1 saturated heterocycles. The van der Waals surface area contributed by atoms with Crippen molar-refractivity contribution in [3.8, 4) is 0 Å². The number of rotatable bonds is 9. The molecule has 0 aromatic carbocycles. The second-order valence-corrected chi connectivity index (χ2v) is 7.29. The molecule has 1 fully saturated rings. The zero-order chi connectivity index (χ0) is 16.6. The Morgan fingerprint density at radius 1 is 1.05 bits per heavy atom. The molecule has 1 aliphatic rings. The van der Waals surface area contributed by atoms with Crippen LogP contribution in [0.2, 0.25) is 0 Å². The summed E-state index contributed by atoms with van der Waals surface area (Å²) in [4.78, 5) is 16.0. The van der Waals surface area contributed by atoms with Crippen LogP contribution in [0.4, 0.5) is 0 Å². The Labute approximate surface area is 133 Å². The van der Waals surface area contributed by atoms with E-state index in [0.29, 0.717) is 59.0 Å². The molecule has 0 unspecified atom stereocenters. The number of sulfonamides is 1. The fourth-order valence-corrected chi connectivity index (χ4v) is 3.10. The molecule has 0 aliphatic carbocycles. The first kappa shape index (κ1) is 19.3. The molecule has 8 nitrogen and oxygen atoms in total. The number of ether oxygens (including phenoxy) is 2. The maximum atomic E-state index is 12.3. The van der Waals surface area contributed by atoms with Gasteiger partial charge < -0.3 is 14.4 Å². The lowest BCUT2D eigenvalue weighted by Gasteiger charge is -2.34. The van der Waals surface area contributed by atoms with Gasteiger partial charge in [0.1, 0.15) is 0 Å². The molecular formula is C13H27N3O5S. The topological polar surface area (TPSA) is 79.4 Å². The third-order valence-electron chi connectivity index (χ3n) is 3.64. The summed E-state index contributed by atoms with van der Waals surface area (Å²) < 4.78 is 34.4. The molecule has 0 aromatic rings. The maximum absolute atomic E-state index is 12.3. The predicted octanol–water partition coefficient (Wildman–Crippen LogP) is -1.31. The Bertz CT molecular complexity index is 427. The molecular weight excluding hydrogens is 310 g/mol. The van der Waals surface area contributed by atoms with E-state index in [1.54, 1.807) is 19.1 Å². The molecule has 0 saturated carbocycles. The van der Waals surface area contributed by atoms with Crippen LogP contribution in [0.15, 0.2) is 0 Å². The van der Waals surface area contributed by atoms with Crippen LogP contribution in [0.5, 0.6) is 0 Å². The molecule has 0 spiro atoms. The van der Waals surface area contributed by atoms with Gasteiger partial charge in [0.2, 0.25) is 15.9 Å². The summed E-state index contributed by atoms with van der Waals surface area (Å²) in [6, 6.07) is 0. The Balaban J connectivity index is 2.46. The Kier molecular flexibility index (Phi) is 8.26. The largest absolute Gasteiger partial charge is 0.383 e. The standard InChI is InChI=1S/C13H27N3O5S/c1-20-10-8-14(9-11-21-2)12-13(17)15-4-6-16(7-5-15)22(3,18)19/h4-12H2,1-3H3. The lowest BCUT2D eigenvalue weighted by molar-refractivity contribution is -0.133. The highest BCUT2D eigenvalue weighted by Crippen LogP contribution is 2.07. The van der Waals surface area contributed by atoms with Crippen molar-refractivity contribution in [2.45, 2.75) is 0 Å². The minimum absolute atomic E-state index is 0.0142. The molecule has 1 aliphatic heterocycles. The van der Waals surface area contributed by atoms with Crippen LogP contribution in [0, 0.1) is 0 Å². The van der Waals surface area contributed by atoms with E-state index in [1.165, 1.54) is 10.6 Å². The van der Waals surface area contributed by atoms with Gasteiger partial charge in [-0.15, -0.1) is 0 Å². The first-order valence-corrected chi connectivity index (χ1v) is 9.16. The molecule has 0 atom stereocenters. The molecule has 0 radical (unpaired) electrons. The van der Waals surface area contributed by atoms with Gasteiger partial charge in [-0.05, 0) is 0 Å². The number of hydrogen-bond donors (Lipinski definition) is 0. The summed E-state index contributed by atoms with van der Waals surface area (Å²) >= 11 is 0.